The van der Waals surface area contributed by atoms with Gasteiger partial charge in [-0.05, 0) is 65.6 Å². The van der Waals surface area contributed by atoms with E-state index in [-0.39, 0.29) is 0 Å². The van der Waals surface area contributed by atoms with Crippen molar-refractivity contribution in [2.75, 3.05) is 14.2 Å². The van der Waals surface area contributed by atoms with E-state index in [1.54, 1.807) is 14.2 Å². The molecule has 0 N–H and O–H groups in total. The highest BCUT2D eigenvalue weighted by Crippen LogP contribution is 2.42. The first-order valence-corrected chi connectivity index (χ1v) is 12.6. The van der Waals surface area contributed by atoms with Gasteiger partial charge in [-0.3, -0.25) is 4.98 Å². The van der Waals surface area contributed by atoms with E-state index in [0.717, 1.165) is 45.0 Å². The van der Waals surface area contributed by atoms with Crippen molar-refractivity contribution >= 4 is 0 Å². The van der Waals surface area contributed by atoms with Crippen LogP contribution in [0.4, 0.5) is 0 Å². The van der Waals surface area contributed by atoms with Crippen LogP contribution in [0.15, 0.2) is 121 Å². The molecule has 0 amide bonds. The van der Waals surface area contributed by atoms with E-state index in [9.17, 15) is 0 Å². The lowest BCUT2D eigenvalue weighted by Crippen LogP contribution is -2.32. The standard InChI is InChI=1S/C34H31NO3/c1-25-8-7-9-27(22-25)33-21-12-26(23-35-33)24-38-34(28-10-5-4-6-11-28,29-13-17-31(36-2)18-14-29)30-15-19-32(37-3)20-16-30/h4-23H,24H2,1-3H3. The maximum Gasteiger partial charge on any atom is 0.144 e. The number of methoxy groups -OCH3 is 2. The molecule has 0 saturated carbocycles. The van der Waals surface area contributed by atoms with Gasteiger partial charge < -0.3 is 14.2 Å². The molecular formula is C34H31NO3. The summed E-state index contributed by atoms with van der Waals surface area (Å²) in [6.45, 7) is 2.46. The Balaban J connectivity index is 1.56. The van der Waals surface area contributed by atoms with Crippen molar-refractivity contribution in [2.45, 2.75) is 19.1 Å². The lowest BCUT2D eigenvalue weighted by Gasteiger charge is -2.36. The van der Waals surface area contributed by atoms with E-state index < -0.39 is 5.60 Å². The minimum atomic E-state index is -0.866. The van der Waals surface area contributed by atoms with Crippen LogP contribution in [-0.4, -0.2) is 19.2 Å². The summed E-state index contributed by atoms with van der Waals surface area (Å²) in [5.74, 6) is 1.59. The number of pyridine rings is 1. The lowest BCUT2D eigenvalue weighted by atomic mass is 9.80. The molecule has 5 aromatic rings. The van der Waals surface area contributed by atoms with Gasteiger partial charge in [-0.2, -0.15) is 0 Å². The molecule has 0 radical (unpaired) electrons. The smallest absolute Gasteiger partial charge is 0.144 e. The number of nitrogens with zero attached hydrogens (tertiary/aromatic N) is 1. The SMILES string of the molecule is COc1ccc(C(OCc2ccc(-c3cccc(C)c3)nc2)(c2ccccc2)c2ccc(OC)cc2)cc1. The zero-order valence-electron chi connectivity index (χ0n) is 21.9. The highest BCUT2D eigenvalue weighted by Gasteiger charge is 2.38. The maximum atomic E-state index is 6.96. The summed E-state index contributed by atoms with van der Waals surface area (Å²) in [6, 6.07) is 39.0. The predicted molar refractivity (Wildman–Crippen MR) is 152 cm³/mol. The molecule has 0 aliphatic carbocycles. The summed E-state index contributed by atoms with van der Waals surface area (Å²) in [5, 5.41) is 0. The van der Waals surface area contributed by atoms with E-state index in [0.29, 0.717) is 6.61 Å². The average Bonchev–Trinajstić information content (AvgIpc) is 2.99. The van der Waals surface area contributed by atoms with Crippen molar-refractivity contribution in [1.82, 2.24) is 4.98 Å². The number of benzene rings is 4. The summed E-state index contributed by atoms with van der Waals surface area (Å²) in [6.07, 6.45) is 1.90. The number of hydrogen-bond donors (Lipinski definition) is 0. The quantitative estimate of drug-likeness (QED) is 0.195. The van der Waals surface area contributed by atoms with Crippen LogP contribution in [0, 0.1) is 6.92 Å². The van der Waals surface area contributed by atoms with Crippen molar-refractivity contribution in [3.05, 3.63) is 149 Å². The molecule has 4 heteroatoms. The fourth-order valence-corrected chi connectivity index (χ4v) is 4.75. The van der Waals surface area contributed by atoms with Gasteiger partial charge in [0.25, 0.3) is 0 Å². The third-order valence-electron chi connectivity index (χ3n) is 6.77. The number of hydrogen-bond acceptors (Lipinski definition) is 4. The first-order chi connectivity index (χ1) is 18.6. The van der Waals surface area contributed by atoms with Crippen LogP contribution >= 0.6 is 0 Å². The molecule has 0 aliphatic rings. The van der Waals surface area contributed by atoms with Crippen molar-refractivity contribution in [3.8, 4) is 22.8 Å². The first kappa shape index (κ1) is 25.2. The summed E-state index contributed by atoms with van der Waals surface area (Å²) < 4.78 is 17.8. The van der Waals surface area contributed by atoms with Gasteiger partial charge in [0.05, 0.1) is 26.5 Å². The molecule has 0 bridgehead atoms. The highest BCUT2D eigenvalue weighted by molar-refractivity contribution is 5.60. The molecule has 0 unspecified atom stereocenters. The topological polar surface area (TPSA) is 40.6 Å². The summed E-state index contributed by atoms with van der Waals surface area (Å²) in [5.41, 5.74) is 6.41. The van der Waals surface area contributed by atoms with Gasteiger partial charge in [-0.15, -0.1) is 0 Å². The minimum absolute atomic E-state index is 0.369. The largest absolute Gasteiger partial charge is 0.497 e. The van der Waals surface area contributed by atoms with Crippen LogP contribution in [0.2, 0.25) is 0 Å². The van der Waals surface area contributed by atoms with Gasteiger partial charge in [0.1, 0.15) is 17.1 Å². The average molecular weight is 502 g/mol. The third-order valence-corrected chi connectivity index (χ3v) is 6.77. The Labute approximate surface area is 224 Å². The van der Waals surface area contributed by atoms with E-state index in [1.165, 1.54) is 5.56 Å². The molecule has 5 rings (SSSR count). The van der Waals surface area contributed by atoms with E-state index >= 15 is 0 Å². The van der Waals surface area contributed by atoms with Crippen LogP contribution in [0.25, 0.3) is 11.3 Å². The second kappa shape index (κ2) is 11.3. The Morgan fingerprint density at radius 3 is 1.76 bits per heavy atom. The molecular weight excluding hydrogens is 470 g/mol. The molecule has 0 atom stereocenters. The summed E-state index contributed by atoms with van der Waals surface area (Å²) >= 11 is 0. The molecule has 0 aliphatic heterocycles. The Morgan fingerprint density at radius 2 is 1.24 bits per heavy atom. The molecule has 4 aromatic carbocycles. The molecule has 38 heavy (non-hydrogen) atoms. The van der Waals surface area contributed by atoms with E-state index in [2.05, 4.69) is 79.7 Å². The van der Waals surface area contributed by atoms with Crippen molar-refractivity contribution in [2.24, 2.45) is 0 Å². The zero-order chi connectivity index (χ0) is 26.4. The second-order valence-corrected chi connectivity index (χ2v) is 9.21. The fourth-order valence-electron chi connectivity index (χ4n) is 4.75. The number of ether oxygens (including phenoxy) is 3. The van der Waals surface area contributed by atoms with Crippen molar-refractivity contribution < 1.29 is 14.2 Å². The van der Waals surface area contributed by atoms with Crippen LogP contribution in [0.3, 0.4) is 0 Å². The third kappa shape index (κ3) is 5.17. The van der Waals surface area contributed by atoms with Gasteiger partial charge in [-0.1, -0.05) is 84.4 Å². The van der Waals surface area contributed by atoms with Crippen LogP contribution in [-0.2, 0) is 16.9 Å². The fraction of sp³-hybridized carbons (Fsp3) is 0.147. The van der Waals surface area contributed by atoms with Gasteiger partial charge >= 0.3 is 0 Å². The monoisotopic (exact) mass is 501 g/mol. The van der Waals surface area contributed by atoms with Gasteiger partial charge in [0.15, 0.2) is 0 Å². The summed E-state index contributed by atoms with van der Waals surface area (Å²) in [7, 11) is 3.35. The van der Waals surface area contributed by atoms with E-state index in [4.69, 9.17) is 19.2 Å². The number of aryl methyl sites for hydroxylation is 1. The Bertz CT molecular complexity index is 1410. The highest BCUT2D eigenvalue weighted by atomic mass is 16.5. The Hall–Kier alpha value is -4.41. The molecule has 190 valence electrons. The lowest BCUT2D eigenvalue weighted by molar-refractivity contribution is 0.0000786. The van der Waals surface area contributed by atoms with Crippen LogP contribution in [0.5, 0.6) is 11.5 Å². The summed E-state index contributed by atoms with van der Waals surface area (Å²) in [4.78, 5) is 4.74. The Morgan fingerprint density at radius 1 is 0.632 bits per heavy atom. The van der Waals surface area contributed by atoms with Crippen molar-refractivity contribution in [3.63, 3.8) is 0 Å². The number of rotatable bonds is 9. The molecule has 4 nitrogen and oxygen atoms in total. The molecule has 0 spiro atoms. The van der Waals surface area contributed by atoms with E-state index in [1.807, 2.05) is 48.7 Å². The van der Waals surface area contributed by atoms with Crippen LogP contribution < -0.4 is 9.47 Å². The molecule has 0 fully saturated rings. The second-order valence-electron chi connectivity index (χ2n) is 9.21. The maximum absolute atomic E-state index is 6.96. The zero-order valence-corrected chi connectivity index (χ0v) is 21.9. The Kier molecular flexibility index (Phi) is 7.52. The molecule has 1 aromatic heterocycles. The number of aromatic nitrogens is 1. The predicted octanol–water partition coefficient (Wildman–Crippen LogP) is 7.58. The normalized spacial score (nSPS) is 11.2. The first-order valence-electron chi connectivity index (χ1n) is 12.6. The van der Waals surface area contributed by atoms with Crippen LogP contribution in [0.1, 0.15) is 27.8 Å². The van der Waals surface area contributed by atoms with Gasteiger partial charge in [0.2, 0.25) is 0 Å². The molecule has 1 heterocycles. The van der Waals surface area contributed by atoms with Gasteiger partial charge in [0, 0.05) is 11.8 Å². The van der Waals surface area contributed by atoms with Crippen molar-refractivity contribution in [1.29, 1.82) is 0 Å². The minimum Gasteiger partial charge on any atom is -0.497 e. The van der Waals surface area contributed by atoms with Gasteiger partial charge in [-0.25, -0.2) is 0 Å². The molecule has 0 saturated heterocycles.